The predicted octanol–water partition coefficient (Wildman–Crippen LogP) is 1.56. The molecule has 0 aliphatic carbocycles. The molecule has 0 aromatic carbocycles. The van der Waals surface area contributed by atoms with Crippen LogP contribution in [0, 0.1) is 11.8 Å². The van der Waals surface area contributed by atoms with Gasteiger partial charge in [-0.25, -0.2) is 0 Å². The van der Waals surface area contributed by atoms with Crippen LogP contribution in [-0.4, -0.2) is 20.0 Å². The zero-order chi connectivity index (χ0) is 7.72. The highest BCUT2D eigenvalue weighted by Crippen LogP contribution is 2.31. The quantitative estimate of drug-likeness (QED) is 0.499. The Labute approximate surface area is 64.6 Å². The molecule has 10 heavy (non-hydrogen) atoms. The van der Waals surface area contributed by atoms with E-state index in [0.29, 0.717) is 17.9 Å². The fourth-order valence-corrected chi connectivity index (χ4v) is 1.56. The van der Waals surface area contributed by atoms with Crippen molar-refractivity contribution in [2.75, 3.05) is 0 Å². The standard InChI is InChI=1S/C8H15BO/c1-4-7-5(2)6(3)8(9)10-7/h5-8H,4H2,1-3H3/t5-,6+,7?,8?/m1/s1. The summed E-state index contributed by atoms with van der Waals surface area (Å²) in [4.78, 5) is 0. The van der Waals surface area contributed by atoms with Gasteiger partial charge in [0.2, 0.25) is 0 Å². The van der Waals surface area contributed by atoms with Gasteiger partial charge in [-0.3, -0.25) is 0 Å². The topological polar surface area (TPSA) is 9.23 Å². The lowest BCUT2D eigenvalue weighted by molar-refractivity contribution is 0.0698. The molecular weight excluding hydrogens is 123 g/mol. The maximum absolute atomic E-state index is 5.71. The largest absolute Gasteiger partial charge is 0.384 e. The summed E-state index contributed by atoms with van der Waals surface area (Å²) in [6, 6.07) is -0.0278. The van der Waals surface area contributed by atoms with Gasteiger partial charge in [0.15, 0.2) is 0 Å². The van der Waals surface area contributed by atoms with Gasteiger partial charge in [-0.05, 0) is 18.3 Å². The van der Waals surface area contributed by atoms with Crippen LogP contribution >= 0.6 is 0 Å². The van der Waals surface area contributed by atoms with Crippen molar-refractivity contribution in [2.45, 2.75) is 39.3 Å². The summed E-state index contributed by atoms with van der Waals surface area (Å²) in [7, 11) is 5.71. The second-order valence-electron chi connectivity index (χ2n) is 3.27. The maximum Gasteiger partial charge on any atom is 0.109 e. The van der Waals surface area contributed by atoms with Crippen LogP contribution in [0.25, 0.3) is 0 Å². The molecule has 2 radical (unpaired) electrons. The van der Waals surface area contributed by atoms with Crippen LogP contribution in [0.3, 0.4) is 0 Å². The molecule has 1 heterocycles. The average molecular weight is 138 g/mol. The third-order valence-electron chi connectivity index (χ3n) is 2.67. The van der Waals surface area contributed by atoms with Crippen molar-refractivity contribution >= 4 is 7.85 Å². The zero-order valence-electron chi connectivity index (χ0n) is 7.00. The third-order valence-corrected chi connectivity index (χ3v) is 2.67. The average Bonchev–Trinajstić information content (AvgIpc) is 2.17. The molecule has 0 spiro atoms. The van der Waals surface area contributed by atoms with Crippen molar-refractivity contribution in [3.05, 3.63) is 0 Å². The molecule has 0 N–H and O–H groups in total. The Kier molecular flexibility index (Phi) is 2.40. The SMILES string of the molecule is [B]C1OC(CC)[C@H](C)[C@@H]1C. The minimum Gasteiger partial charge on any atom is -0.384 e. The van der Waals surface area contributed by atoms with Crippen molar-refractivity contribution in [1.82, 2.24) is 0 Å². The lowest BCUT2D eigenvalue weighted by atomic mass is 9.81. The maximum atomic E-state index is 5.71. The van der Waals surface area contributed by atoms with E-state index >= 15 is 0 Å². The van der Waals surface area contributed by atoms with Gasteiger partial charge in [0.1, 0.15) is 7.85 Å². The molecular formula is C8H15BO. The Morgan fingerprint density at radius 1 is 1.30 bits per heavy atom. The number of hydrogen-bond donors (Lipinski definition) is 0. The van der Waals surface area contributed by atoms with Crippen LogP contribution in [0.5, 0.6) is 0 Å². The number of hydrogen-bond acceptors (Lipinski definition) is 1. The van der Waals surface area contributed by atoms with Crippen LogP contribution in [0.4, 0.5) is 0 Å². The molecule has 4 atom stereocenters. The van der Waals surface area contributed by atoms with E-state index in [2.05, 4.69) is 20.8 Å². The monoisotopic (exact) mass is 138 g/mol. The summed E-state index contributed by atoms with van der Waals surface area (Å²) in [5.41, 5.74) is 0. The van der Waals surface area contributed by atoms with Gasteiger partial charge in [0.05, 0.1) is 6.10 Å². The Morgan fingerprint density at radius 3 is 2.10 bits per heavy atom. The highest BCUT2D eigenvalue weighted by Gasteiger charge is 2.34. The Morgan fingerprint density at radius 2 is 1.90 bits per heavy atom. The summed E-state index contributed by atoms with van der Waals surface area (Å²) in [5, 5.41) is 0. The number of ether oxygens (including phenoxy) is 1. The first-order valence-corrected chi connectivity index (χ1v) is 4.07. The van der Waals surface area contributed by atoms with Crippen molar-refractivity contribution in [2.24, 2.45) is 11.8 Å². The molecule has 1 rings (SSSR count). The van der Waals surface area contributed by atoms with E-state index in [0.717, 1.165) is 6.42 Å². The van der Waals surface area contributed by atoms with Gasteiger partial charge in [-0.15, -0.1) is 0 Å². The molecule has 0 saturated carbocycles. The molecule has 1 saturated heterocycles. The highest BCUT2D eigenvalue weighted by atomic mass is 16.5. The molecule has 1 nitrogen and oxygen atoms in total. The summed E-state index contributed by atoms with van der Waals surface area (Å²) >= 11 is 0. The second kappa shape index (κ2) is 2.95. The minimum atomic E-state index is -0.0278. The first-order chi connectivity index (χ1) is 4.66. The normalized spacial score (nSPS) is 47.9. The first-order valence-electron chi connectivity index (χ1n) is 4.07. The second-order valence-corrected chi connectivity index (χ2v) is 3.27. The van der Waals surface area contributed by atoms with Gasteiger partial charge >= 0.3 is 0 Å². The van der Waals surface area contributed by atoms with E-state index in [1.54, 1.807) is 0 Å². The summed E-state index contributed by atoms with van der Waals surface area (Å²) < 4.78 is 5.51. The van der Waals surface area contributed by atoms with E-state index < -0.39 is 0 Å². The zero-order valence-corrected chi connectivity index (χ0v) is 7.00. The van der Waals surface area contributed by atoms with Crippen LogP contribution in [0.1, 0.15) is 27.2 Å². The van der Waals surface area contributed by atoms with Crippen LogP contribution < -0.4 is 0 Å². The molecule has 2 heteroatoms. The molecule has 1 fully saturated rings. The summed E-state index contributed by atoms with van der Waals surface area (Å²) in [6.07, 6.45) is 1.48. The van der Waals surface area contributed by atoms with Crippen LogP contribution in [0.2, 0.25) is 0 Å². The van der Waals surface area contributed by atoms with Gasteiger partial charge in [-0.2, -0.15) is 0 Å². The van der Waals surface area contributed by atoms with E-state index in [4.69, 9.17) is 12.6 Å². The lowest BCUT2D eigenvalue weighted by Crippen LogP contribution is -2.15. The van der Waals surface area contributed by atoms with Gasteiger partial charge in [0.25, 0.3) is 0 Å². The van der Waals surface area contributed by atoms with Crippen molar-refractivity contribution < 1.29 is 4.74 Å². The molecule has 0 aromatic heterocycles. The molecule has 0 aromatic rings. The Hall–Kier alpha value is 0.0249. The summed E-state index contributed by atoms with van der Waals surface area (Å²) in [5.74, 6) is 1.14. The lowest BCUT2D eigenvalue weighted by Gasteiger charge is -2.13. The smallest absolute Gasteiger partial charge is 0.109 e. The van der Waals surface area contributed by atoms with Gasteiger partial charge in [-0.1, -0.05) is 20.8 Å². The number of rotatable bonds is 1. The van der Waals surface area contributed by atoms with Gasteiger partial charge < -0.3 is 4.74 Å². The highest BCUT2D eigenvalue weighted by molar-refractivity contribution is 6.11. The van der Waals surface area contributed by atoms with E-state index in [9.17, 15) is 0 Å². The van der Waals surface area contributed by atoms with Crippen LogP contribution in [0.15, 0.2) is 0 Å². The fourth-order valence-electron chi connectivity index (χ4n) is 1.56. The molecule has 0 bridgehead atoms. The van der Waals surface area contributed by atoms with Crippen molar-refractivity contribution in [3.63, 3.8) is 0 Å². The van der Waals surface area contributed by atoms with E-state index in [1.165, 1.54) is 0 Å². The van der Waals surface area contributed by atoms with Gasteiger partial charge in [0, 0.05) is 6.00 Å². The molecule has 0 amide bonds. The van der Waals surface area contributed by atoms with E-state index in [1.807, 2.05) is 0 Å². The first kappa shape index (κ1) is 8.12. The van der Waals surface area contributed by atoms with E-state index in [-0.39, 0.29) is 6.00 Å². The van der Waals surface area contributed by atoms with Crippen molar-refractivity contribution in [1.29, 1.82) is 0 Å². The molecule has 1 aliphatic rings. The minimum absolute atomic E-state index is 0.0278. The van der Waals surface area contributed by atoms with Crippen molar-refractivity contribution in [3.8, 4) is 0 Å². The molecule has 2 unspecified atom stereocenters. The van der Waals surface area contributed by atoms with Crippen LogP contribution in [-0.2, 0) is 4.74 Å². The third kappa shape index (κ3) is 1.22. The molecule has 56 valence electrons. The fraction of sp³-hybridized carbons (Fsp3) is 1.00. The predicted molar refractivity (Wildman–Crippen MR) is 43.0 cm³/mol. The Bertz CT molecular complexity index is 116. The Balaban J connectivity index is 2.53. The summed E-state index contributed by atoms with van der Waals surface area (Å²) in [6.45, 7) is 6.52. The molecule has 1 aliphatic heterocycles.